The van der Waals surface area contributed by atoms with E-state index in [1.54, 1.807) is 24.5 Å². The zero-order chi connectivity index (χ0) is 19.3. The summed E-state index contributed by atoms with van der Waals surface area (Å²) in [5.74, 6) is 0.728. The fraction of sp³-hybridized carbons (Fsp3) is 0.333. The molecule has 0 bridgehead atoms. The van der Waals surface area contributed by atoms with Crippen LogP contribution in [0.5, 0.6) is 0 Å². The van der Waals surface area contributed by atoms with Gasteiger partial charge in [0.25, 0.3) is 5.56 Å². The number of piperidine rings is 1. The van der Waals surface area contributed by atoms with E-state index in [4.69, 9.17) is 0 Å². The van der Waals surface area contributed by atoms with Gasteiger partial charge in [0, 0.05) is 31.2 Å². The van der Waals surface area contributed by atoms with E-state index in [9.17, 15) is 9.59 Å². The van der Waals surface area contributed by atoms with E-state index in [1.165, 1.54) is 23.9 Å². The molecule has 0 atom stereocenters. The van der Waals surface area contributed by atoms with Gasteiger partial charge in [-0.15, -0.1) is 0 Å². The van der Waals surface area contributed by atoms with Crippen LogP contribution in [0.4, 0.5) is 5.82 Å². The van der Waals surface area contributed by atoms with E-state index >= 15 is 0 Å². The van der Waals surface area contributed by atoms with Crippen molar-refractivity contribution in [3.63, 3.8) is 0 Å². The highest BCUT2D eigenvalue weighted by molar-refractivity contribution is 5.81. The summed E-state index contributed by atoms with van der Waals surface area (Å²) in [6, 6.07) is 11.2. The summed E-state index contributed by atoms with van der Waals surface area (Å²) in [7, 11) is 0. The van der Waals surface area contributed by atoms with Gasteiger partial charge in [-0.2, -0.15) is 5.10 Å². The van der Waals surface area contributed by atoms with Crippen LogP contribution in [0.2, 0.25) is 0 Å². The molecule has 0 unspecified atom stereocenters. The van der Waals surface area contributed by atoms with Gasteiger partial charge in [-0.1, -0.05) is 24.3 Å². The van der Waals surface area contributed by atoms with Gasteiger partial charge in [0.15, 0.2) is 0 Å². The molecule has 144 valence electrons. The monoisotopic (exact) mass is 377 g/mol. The Kier molecular flexibility index (Phi) is 5.32. The molecule has 1 fully saturated rings. The first-order valence-corrected chi connectivity index (χ1v) is 9.62. The number of fused-ring (bicyclic) bond motifs is 1. The maximum atomic E-state index is 12.4. The van der Waals surface area contributed by atoms with E-state index in [1.807, 2.05) is 24.3 Å². The Morgan fingerprint density at radius 2 is 1.86 bits per heavy atom. The molecule has 0 spiro atoms. The average Bonchev–Trinajstić information content (AvgIpc) is 2.75. The summed E-state index contributed by atoms with van der Waals surface area (Å²) in [5, 5.41) is 8.25. The van der Waals surface area contributed by atoms with Crippen LogP contribution in [-0.2, 0) is 17.9 Å². The molecule has 0 aliphatic carbocycles. The first-order valence-electron chi connectivity index (χ1n) is 9.62. The number of carbonyl (C=O) groups excluding carboxylic acids is 1. The first-order chi connectivity index (χ1) is 13.7. The maximum absolute atomic E-state index is 12.4. The van der Waals surface area contributed by atoms with Crippen molar-refractivity contribution in [1.82, 2.24) is 20.1 Å². The van der Waals surface area contributed by atoms with Crippen molar-refractivity contribution in [2.24, 2.45) is 0 Å². The number of nitrogens with one attached hydrogen (secondary N) is 1. The third kappa shape index (κ3) is 4.03. The van der Waals surface area contributed by atoms with Gasteiger partial charge in [-0.3, -0.25) is 9.59 Å². The molecule has 2 aromatic heterocycles. The number of rotatable bonds is 5. The Morgan fingerprint density at radius 1 is 1.04 bits per heavy atom. The molecule has 7 nitrogen and oxygen atoms in total. The molecule has 3 aromatic rings. The Labute approximate surface area is 163 Å². The fourth-order valence-electron chi connectivity index (χ4n) is 3.46. The molecule has 7 heteroatoms. The lowest BCUT2D eigenvalue weighted by molar-refractivity contribution is -0.122. The van der Waals surface area contributed by atoms with Crippen LogP contribution in [0.1, 0.15) is 24.8 Å². The molecule has 1 N–H and O–H groups in total. The van der Waals surface area contributed by atoms with Gasteiger partial charge in [0.05, 0.1) is 11.6 Å². The zero-order valence-electron chi connectivity index (χ0n) is 15.7. The number of anilines is 1. The van der Waals surface area contributed by atoms with Crippen LogP contribution in [0.3, 0.4) is 0 Å². The van der Waals surface area contributed by atoms with E-state index in [0.29, 0.717) is 11.9 Å². The number of hydrogen-bond donors (Lipinski definition) is 1. The third-order valence-corrected chi connectivity index (χ3v) is 5.03. The standard InChI is InChI=1S/C21H23N5O2/c27-20(15-26-21(28)18-7-3-2-6-17(18)14-24-26)23-13-16-8-9-19(22-12-16)25-10-4-1-5-11-25/h2-3,6-9,12,14H,1,4-5,10-11,13,15H2,(H,23,27). The highest BCUT2D eigenvalue weighted by Crippen LogP contribution is 2.17. The van der Waals surface area contributed by atoms with E-state index in [0.717, 1.165) is 29.9 Å². The molecular formula is C21H23N5O2. The second kappa shape index (κ2) is 8.21. The van der Waals surface area contributed by atoms with Gasteiger partial charge in [0.2, 0.25) is 5.91 Å². The van der Waals surface area contributed by atoms with Gasteiger partial charge in [0.1, 0.15) is 12.4 Å². The number of carbonyl (C=O) groups is 1. The summed E-state index contributed by atoms with van der Waals surface area (Å²) < 4.78 is 1.19. The number of hydrogen-bond acceptors (Lipinski definition) is 5. The number of aromatic nitrogens is 3. The Bertz CT molecular complexity index is 1020. The van der Waals surface area contributed by atoms with Crippen molar-refractivity contribution < 1.29 is 4.79 Å². The number of amides is 1. The summed E-state index contributed by atoms with van der Waals surface area (Å²) in [4.78, 5) is 31.5. The van der Waals surface area contributed by atoms with Crippen LogP contribution < -0.4 is 15.8 Å². The van der Waals surface area contributed by atoms with Gasteiger partial charge < -0.3 is 10.2 Å². The van der Waals surface area contributed by atoms with Crippen molar-refractivity contribution in [2.75, 3.05) is 18.0 Å². The first kappa shape index (κ1) is 18.2. The lowest BCUT2D eigenvalue weighted by Gasteiger charge is -2.27. The van der Waals surface area contributed by atoms with Crippen molar-refractivity contribution >= 4 is 22.5 Å². The predicted octanol–water partition coefficient (Wildman–Crippen LogP) is 2.10. The lowest BCUT2D eigenvalue weighted by Crippen LogP contribution is -2.33. The second-order valence-electron chi connectivity index (χ2n) is 7.04. The summed E-state index contributed by atoms with van der Waals surface area (Å²) in [6.07, 6.45) is 7.11. The molecule has 28 heavy (non-hydrogen) atoms. The summed E-state index contributed by atoms with van der Waals surface area (Å²) in [6.45, 7) is 2.37. The smallest absolute Gasteiger partial charge is 0.275 e. The van der Waals surface area contributed by atoms with Crippen LogP contribution in [0, 0.1) is 0 Å². The molecule has 1 saturated heterocycles. The van der Waals surface area contributed by atoms with Crippen LogP contribution in [-0.4, -0.2) is 33.8 Å². The van der Waals surface area contributed by atoms with Gasteiger partial charge in [-0.25, -0.2) is 9.67 Å². The number of nitrogens with zero attached hydrogens (tertiary/aromatic N) is 4. The van der Waals surface area contributed by atoms with Crippen molar-refractivity contribution in [3.8, 4) is 0 Å². The molecule has 1 amide bonds. The molecular weight excluding hydrogens is 354 g/mol. The highest BCUT2D eigenvalue weighted by atomic mass is 16.2. The van der Waals surface area contributed by atoms with E-state index < -0.39 is 0 Å². The molecule has 1 aromatic carbocycles. The largest absolute Gasteiger partial charge is 0.357 e. The normalized spacial score (nSPS) is 14.2. The maximum Gasteiger partial charge on any atom is 0.275 e. The average molecular weight is 377 g/mol. The van der Waals surface area contributed by atoms with Crippen molar-refractivity contribution in [1.29, 1.82) is 0 Å². The number of benzene rings is 1. The highest BCUT2D eigenvalue weighted by Gasteiger charge is 2.12. The minimum Gasteiger partial charge on any atom is -0.357 e. The lowest BCUT2D eigenvalue weighted by atomic mass is 10.1. The second-order valence-corrected chi connectivity index (χ2v) is 7.04. The van der Waals surface area contributed by atoms with Gasteiger partial charge >= 0.3 is 0 Å². The van der Waals surface area contributed by atoms with Crippen LogP contribution in [0.25, 0.3) is 10.8 Å². The fourth-order valence-corrected chi connectivity index (χ4v) is 3.46. The van der Waals surface area contributed by atoms with Crippen LogP contribution >= 0.6 is 0 Å². The third-order valence-electron chi connectivity index (χ3n) is 5.03. The quantitative estimate of drug-likeness (QED) is 0.737. The molecule has 0 saturated carbocycles. The summed E-state index contributed by atoms with van der Waals surface area (Å²) in [5.41, 5.74) is 0.661. The Hall–Kier alpha value is -3.22. The minimum atomic E-state index is -0.263. The van der Waals surface area contributed by atoms with Crippen LogP contribution in [0.15, 0.2) is 53.6 Å². The molecule has 1 aliphatic heterocycles. The number of pyridine rings is 1. The van der Waals surface area contributed by atoms with Gasteiger partial charge in [-0.05, 0) is 37.0 Å². The Morgan fingerprint density at radius 3 is 2.64 bits per heavy atom. The SMILES string of the molecule is O=C(Cn1ncc2ccccc2c1=O)NCc1ccc(N2CCCCC2)nc1. The molecule has 1 aliphatic rings. The Balaban J connectivity index is 1.35. The molecule has 4 rings (SSSR count). The summed E-state index contributed by atoms with van der Waals surface area (Å²) >= 11 is 0. The zero-order valence-corrected chi connectivity index (χ0v) is 15.7. The van der Waals surface area contributed by atoms with E-state index in [2.05, 4.69) is 20.3 Å². The molecule has 0 radical (unpaired) electrons. The van der Waals surface area contributed by atoms with Crippen molar-refractivity contribution in [2.45, 2.75) is 32.4 Å². The topological polar surface area (TPSA) is 80.1 Å². The van der Waals surface area contributed by atoms with E-state index in [-0.39, 0.29) is 18.0 Å². The predicted molar refractivity (Wildman–Crippen MR) is 108 cm³/mol. The van der Waals surface area contributed by atoms with Crippen molar-refractivity contribution in [3.05, 3.63) is 64.7 Å². The molecule has 3 heterocycles. The minimum absolute atomic E-state index is 0.108.